The molecule has 1 saturated carbocycles. The molecule has 1 amide bonds. The van der Waals surface area contributed by atoms with Crippen LogP contribution in [0.1, 0.15) is 49.7 Å². The van der Waals surface area contributed by atoms with Crippen LogP contribution in [0.4, 0.5) is 0 Å². The molecule has 0 atom stereocenters. The fraction of sp³-hybridized carbons (Fsp3) is 0.650. The summed E-state index contributed by atoms with van der Waals surface area (Å²) in [6.45, 7) is 4.27. The number of hydrogen-bond donors (Lipinski definition) is 1. The van der Waals surface area contributed by atoms with Gasteiger partial charge in [0.05, 0.1) is 11.2 Å². The quantitative estimate of drug-likeness (QED) is 0.751. The maximum atomic E-state index is 13.6. The van der Waals surface area contributed by atoms with Crippen LogP contribution >= 0.6 is 0 Å². The Morgan fingerprint density at radius 3 is 2.21 bits per heavy atom. The topological polar surface area (TPSA) is 101 Å². The Kier molecular flexibility index (Phi) is 6.13. The lowest BCUT2D eigenvalue weighted by atomic mass is 10.0. The zero-order chi connectivity index (χ0) is 21.4. The smallest absolute Gasteiger partial charge is 0.242 e. The summed E-state index contributed by atoms with van der Waals surface area (Å²) in [6.07, 6.45) is 4.18. The van der Waals surface area contributed by atoms with Gasteiger partial charge >= 0.3 is 0 Å². The summed E-state index contributed by atoms with van der Waals surface area (Å²) in [7, 11) is -7.10. The van der Waals surface area contributed by atoms with Crippen LogP contribution in [0.2, 0.25) is 0 Å². The molecular weight excluding hydrogens is 412 g/mol. The summed E-state index contributed by atoms with van der Waals surface area (Å²) in [5.74, 6) is -0.436. The van der Waals surface area contributed by atoms with Crippen LogP contribution < -0.4 is 5.32 Å². The molecule has 1 aliphatic heterocycles. The number of sulfone groups is 1. The van der Waals surface area contributed by atoms with E-state index in [-0.39, 0.29) is 10.9 Å². The molecular formula is C20H30N2O5S2. The second-order valence-corrected chi connectivity index (χ2v) is 12.6. The van der Waals surface area contributed by atoms with Gasteiger partial charge in [-0.25, -0.2) is 21.1 Å². The molecule has 0 unspecified atom stereocenters. The molecule has 3 rings (SSSR count). The SMILES string of the molecule is Cc1ccc(C)c(S(=O)(=O)C2(C(=O)NC3CCN(S(C)(=O)=O)CC3)CCCC2)c1. The van der Waals surface area contributed by atoms with Crippen molar-refractivity contribution in [2.24, 2.45) is 0 Å². The van der Waals surface area contributed by atoms with E-state index in [0.29, 0.717) is 57.2 Å². The number of hydrogen-bond acceptors (Lipinski definition) is 5. The molecule has 0 radical (unpaired) electrons. The summed E-state index contributed by atoms with van der Waals surface area (Å²) < 4.78 is 50.6. The number of benzene rings is 1. The molecule has 0 aromatic heterocycles. The van der Waals surface area contributed by atoms with E-state index >= 15 is 0 Å². The van der Waals surface area contributed by atoms with Crippen molar-refractivity contribution < 1.29 is 21.6 Å². The van der Waals surface area contributed by atoms with Gasteiger partial charge in [0.25, 0.3) is 0 Å². The third-order valence-corrected chi connectivity index (χ3v) is 10.2. The minimum atomic E-state index is -3.86. The lowest BCUT2D eigenvalue weighted by Crippen LogP contribution is -2.55. The van der Waals surface area contributed by atoms with Crippen molar-refractivity contribution in [1.29, 1.82) is 0 Å². The van der Waals surface area contributed by atoms with Crippen molar-refractivity contribution in [1.82, 2.24) is 9.62 Å². The normalized spacial score (nSPS) is 21.2. The molecule has 29 heavy (non-hydrogen) atoms. The number of nitrogens with zero attached hydrogens (tertiary/aromatic N) is 1. The highest BCUT2D eigenvalue weighted by Crippen LogP contribution is 2.42. The van der Waals surface area contributed by atoms with Gasteiger partial charge in [-0.1, -0.05) is 25.0 Å². The molecule has 1 aromatic carbocycles. The fourth-order valence-corrected chi connectivity index (χ4v) is 7.68. The predicted octanol–water partition coefficient (Wildman–Crippen LogP) is 1.93. The summed E-state index contributed by atoms with van der Waals surface area (Å²) >= 11 is 0. The first kappa shape index (κ1) is 22.2. The van der Waals surface area contributed by atoms with E-state index in [0.717, 1.165) is 5.56 Å². The van der Waals surface area contributed by atoms with Gasteiger partial charge in [0, 0.05) is 19.1 Å². The summed E-state index contributed by atoms with van der Waals surface area (Å²) in [6, 6.07) is 5.09. The minimum absolute atomic E-state index is 0.216. The predicted molar refractivity (Wildman–Crippen MR) is 112 cm³/mol. The molecule has 0 spiro atoms. The highest BCUT2D eigenvalue weighted by Gasteiger charge is 2.53. The monoisotopic (exact) mass is 442 g/mol. The summed E-state index contributed by atoms with van der Waals surface area (Å²) in [5.41, 5.74) is 1.49. The third-order valence-electron chi connectivity index (χ3n) is 6.23. The molecule has 2 fully saturated rings. The highest BCUT2D eigenvalue weighted by molar-refractivity contribution is 7.93. The average Bonchev–Trinajstić information content (AvgIpc) is 3.15. The van der Waals surface area contributed by atoms with Gasteiger partial charge < -0.3 is 5.32 Å². The van der Waals surface area contributed by atoms with E-state index in [1.54, 1.807) is 19.1 Å². The standard InChI is InChI=1S/C20H30N2O5S2/c1-15-6-7-16(2)18(14-15)29(26,27)20(10-4-5-11-20)19(23)21-17-8-12-22(13-9-17)28(3,24)25/h6-7,14,17H,4-5,8-13H2,1-3H3,(H,21,23). The molecule has 1 N–H and O–H groups in total. The van der Waals surface area contributed by atoms with E-state index < -0.39 is 30.5 Å². The first-order valence-corrected chi connectivity index (χ1v) is 13.4. The van der Waals surface area contributed by atoms with Crippen LogP contribution in [0.15, 0.2) is 23.1 Å². The Labute approximate surface area is 173 Å². The molecule has 2 aliphatic rings. The van der Waals surface area contributed by atoms with Crippen LogP contribution in [0.3, 0.4) is 0 Å². The van der Waals surface area contributed by atoms with Gasteiger partial charge in [-0.2, -0.15) is 0 Å². The largest absolute Gasteiger partial charge is 0.352 e. The van der Waals surface area contributed by atoms with Crippen LogP contribution in [-0.2, 0) is 24.7 Å². The lowest BCUT2D eigenvalue weighted by Gasteiger charge is -2.34. The van der Waals surface area contributed by atoms with E-state index in [1.165, 1.54) is 10.6 Å². The molecule has 7 nitrogen and oxygen atoms in total. The first-order valence-electron chi connectivity index (χ1n) is 10.1. The maximum Gasteiger partial charge on any atom is 0.242 e. The van der Waals surface area contributed by atoms with Gasteiger partial charge in [-0.05, 0) is 56.7 Å². The number of sulfonamides is 1. The molecule has 1 saturated heterocycles. The Morgan fingerprint density at radius 2 is 1.66 bits per heavy atom. The summed E-state index contributed by atoms with van der Waals surface area (Å²) in [5, 5.41) is 2.94. The maximum absolute atomic E-state index is 13.6. The van der Waals surface area contributed by atoms with Crippen LogP contribution in [0.5, 0.6) is 0 Å². The number of nitrogens with one attached hydrogen (secondary N) is 1. The second kappa shape index (κ2) is 8.00. The Morgan fingerprint density at radius 1 is 1.07 bits per heavy atom. The van der Waals surface area contributed by atoms with Gasteiger partial charge in [-0.15, -0.1) is 0 Å². The number of carbonyl (C=O) groups excluding carboxylic acids is 1. The van der Waals surface area contributed by atoms with Crippen LogP contribution in [-0.4, -0.2) is 57.2 Å². The van der Waals surface area contributed by atoms with Gasteiger partial charge in [0.15, 0.2) is 14.6 Å². The molecule has 1 heterocycles. The van der Waals surface area contributed by atoms with Crippen molar-refractivity contribution >= 4 is 25.8 Å². The van der Waals surface area contributed by atoms with E-state index in [2.05, 4.69) is 5.32 Å². The second-order valence-electron chi connectivity index (χ2n) is 8.38. The van der Waals surface area contributed by atoms with Crippen LogP contribution in [0, 0.1) is 13.8 Å². The highest BCUT2D eigenvalue weighted by atomic mass is 32.2. The number of piperidine rings is 1. The van der Waals surface area contributed by atoms with E-state index in [4.69, 9.17) is 0 Å². The number of carbonyl (C=O) groups is 1. The van der Waals surface area contributed by atoms with Crippen molar-refractivity contribution in [3.05, 3.63) is 29.3 Å². The Balaban J connectivity index is 1.84. The Hall–Kier alpha value is -1.45. The lowest BCUT2D eigenvalue weighted by molar-refractivity contribution is -0.124. The molecule has 1 aliphatic carbocycles. The molecule has 162 valence electrons. The fourth-order valence-electron chi connectivity index (χ4n) is 4.42. The van der Waals surface area contributed by atoms with Crippen molar-refractivity contribution in [2.75, 3.05) is 19.3 Å². The van der Waals surface area contributed by atoms with Gasteiger partial charge in [-0.3, -0.25) is 4.79 Å². The number of amides is 1. The average molecular weight is 443 g/mol. The van der Waals surface area contributed by atoms with Gasteiger partial charge in [0.1, 0.15) is 0 Å². The molecule has 0 bridgehead atoms. The third kappa shape index (κ3) is 4.22. The van der Waals surface area contributed by atoms with Crippen molar-refractivity contribution in [3.8, 4) is 0 Å². The molecule has 9 heteroatoms. The van der Waals surface area contributed by atoms with E-state index in [1.807, 2.05) is 13.0 Å². The van der Waals surface area contributed by atoms with Crippen LogP contribution in [0.25, 0.3) is 0 Å². The summed E-state index contributed by atoms with van der Waals surface area (Å²) in [4.78, 5) is 13.5. The Bertz CT molecular complexity index is 988. The molecule has 1 aromatic rings. The first-order chi connectivity index (χ1) is 13.5. The van der Waals surface area contributed by atoms with E-state index in [9.17, 15) is 21.6 Å². The number of aryl methyl sites for hydroxylation is 2. The van der Waals surface area contributed by atoms with Crippen molar-refractivity contribution in [2.45, 2.75) is 68.1 Å². The number of rotatable bonds is 5. The minimum Gasteiger partial charge on any atom is -0.352 e. The zero-order valence-electron chi connectivity index (χ0n) is 17.3. The van der Waals surface area contributed by atoms with Gasteiger partial charge in [0.2, 0.25) is 15.9 Å². The van der Waals surface area contributed by atoms with Crippen molar-refractivity contribution in [3.63, 3.8) is 0 Å². The zero-order valence-corrected chi connectivity index (χ0v) is 18.9.